The van der Waals surface area contributed by atoms with E-state index in [-0.39, 0.29) is 37.4 Å². The fourth-order valence-electron chi connectivity index (χ4n) is 3.38. The van der Waals surface area contributed by atoms with E-state index in [4.69, 9.17) is 0 Å². The van der Waals surface area contributed by atoms with Crippen LogP contribution < -0.4 is 17.0 Å². The molecule has 0 aliphatic rings. The topological polar surface area (TPSA) is 0 Å². The molecule has 0 saturated heterocycles. The van der Waals surface area contributed by atoms with Crippen molar-refractivity contribution in [2.24, 2.45) is 0 Å². The van der Waals surface area contributed by atoms with E-state index in [0.29, 0.717) is 15.5 Å². The van der Waals surface area contributed by atoms with Crippen LogP contribution in [0.1, 0.15) is 62.3 Å². The van der Waals surface area contributed by atoms with Gasteiger partial charge in [0.05, 0.1) is 15.5 Å². The Labute approximate surface area is 123 Å². The number of hydrogen-bond donors (Lipinski definition) is 0. The molecule has 0 N–H and O–H groups in total. The summed E-state index contributed by atoms with van der Waals surface area (Å²) in [5.74, 6) is 0. The van der Waals surface area contributed by atoms with Crippen LogP contribution in [0.2, 0.25) is 0 Å². The zero-order chi connectivity index (χ0) is 11.1. The van der Waals surface area contributed by atoms with Crippen molar-refractivity contribution in [3.8, 4) is 0 Å². The van der Waals surface area contributed by atoms with Gasteiger partial charge in [-0.2, -0.15) is 0 Å². The summed E-state index contributed by atoms with van der Waals surface area (Å²) in [5.41, 5.74) is 0. The van der Waals surface area contributed by atoms with Crippen LogP contribution in [0, 0.1) is 0 Å². The Morgan fingerprint density at radius 3 is 0.667 bits per heavy atom. The smallest absolute Gasteiger partial charge is 0.0703 e. The maximum Gasteiger partial charge on any atom is 0.0703 e. The fraction of sp³-hybridized carbons (Fsp3) is 1.00. The summed E-state index contributed by atoms with van der Waals surface area (Å²) in [6.07, 6.45) is 0. The minimum atomic E-state index is -0.391. The molecule has 0 rings (SSSR count). The molecule has 0 spiro atoms. The van der Waals surface area contributed by atoms with Gasteiger partial charge >= 0.3 is 0 Å². The second-order valence-electron chi connectivity index (χ2n) is 7.12. The molecule has 0 saturated carbocycles. The summed E-state index contributed by atoms with van der Waals surface area (Å²) >= 11 is 0. The molecule has 0 aliphatic carbocycles. The Hall–Kier alpha value is 1.57. The number of rotatable bonds is 0. The molecule has 0 radical (unpaired) electrons. The molecule has 15 heavy (non-hydrogen) atoms. The van der Waals surface area contributed by atoms with Crippen LogP contribution in [-0.2, 0) is 20.4 Å². The van der Waals surface area contributed by atoms with Crippen LogP contribution in [0.5, 0.6) is 0 Å². The minimum absolute atomic E-state index is 0. The van der Waals surface area contributed by atoms with Gasteiger partial charge in [-0.05, 0) is 62.3 Å². The van der Waals surface area contributed by atoms with Crippen molar-refractivity contribution in [1.29, 1.82) is 0 Å². The van der Waals surface area contributed by atoms with Crippen LogP contribution in [-0.4, -0.2) is 15.5 Å². The van der Waals surface area contributed by atoms with E-state index in [2.05, 4.69) is 62.3 Å². The van der Waals surface area contributed by atoms with E-state index in [1.54, 1.807) is 0 Å². The zero-order valence-electron chi connectivity index (χ0n) is 11.7. The number of halogens is 1. The summed E-state index contributed by atoms with van der Waals surface area (Å²) < 4.78 is 0. The summed E-state index contributed by atoms with van der Waals surface area (Å²) in [4.78, 5) is 0. The normalized spacial score (nSPS) is 13.2. The molecule has 0 aromatic heterocycles. The van der Waals surface area contributed by atoms with Crippen molar-refractivity contribution in [2.75, 3.05) is 0 Å². The first kappa shape index (κ1) is 21.8. The fourth-order valence-corrected chi connectivity index (χ4v) is 10.1. The second kappa shape index (κ2) is 6.49. The van der Waals surface area contributed by atoms with Crippen molar-refractivity contribution in [3.05, 3.63) is 0 Å². The molecular formula is C12H28BrPPd. The Kier molecular flexibility index (Phi) is 9.44. The summed E-state index contributed by atoms with van der Waals surface area (Å²) in [7, 11) is -0.391. The Bertz CT molecular complexity index is 138. The Balaban J connectivity index is -0.000000720. The van der Waals surface area contributed by atoms with Gasteiger partial charge in [0.15, 0.2) is 0 Å². The maximum absolute atomic E-state index is 2.40. The van der Waals surface area contributed by atoms with Gasteiger partial charge in [0.2, 0.25) is 0 Å². The third-order valence-corrected chi connectivity index (χ3v) is 6.75. The third kappa shape index (κ3) is 7.49. The molecule has 0 unspecified atom stereocenters. The van der Waals surface area contributed by atoms with Gasteiger partial charge in [-0.3, -0.25) is 0 Å². The van der Waals surface area contributed by atoms with Gasteiger partial charge in [-0.25, -0.2) is 0 Å². The SMILES string of the molecule is CC(C)(C)[PH+](C(C)(C)C)C(C)(C)C.[Br-].[Pd]. The Morgan fingerprint density at radius 1 is 0.533 bits per heavy atom. The van der Waals surface area contributed by atoms with Crippen molar-refractivity contribution in [2.45, 2.75) is 77.8 Å². The molecule has 0 heterocycles. The first-order chi connectivity index (χ1) is 5.37. The first-order valence-corrected chi connectivity index (χ1v) is 6.75. The zero-order valence-corrected chi connectivity index (χ0v) is 15.8. The molecule has 0 aromatic carbocycles. The van der Waals surface area contributed by atoms with E-state index < -0.39 is 7.92 Å². The standard InChI is InChI=1S/C12H27P.BrH.Pd/c1-10(2,3)13(11(4,5)6)12(7,8)9;;/h1-9H3;1H;. The quantitative estimate of drug-likeness (QED) is 0.436. The molecule has 0 bridgehead atoms. The maximum atomic E-state index is 2.40. The van der Waals surface area contributed by atoms with E-state index in [1.165, 1.54) is 0 Å². The van der Waals surface area contributed by atoms with Gasteiger partial charge in [0.25, 0.3) is 0 Å². The molecule has 0 amide bonds. The van der Waals surface area contributed by atoms with Crippen LogP contribution in [0.15, 0.2) is 0 Å². The molecular weight excluding hydrogens is 361 g/mol. The van der Waals surface area contributed by atoms with E-state index in [9.17, 15) is 0 Å². The van der Waals surface area contributed by atoms with Gasteiger partial charge in [-0.1, -0.05) is 0 Å². The monoisotopic (exact) mass is 388 g/mol. The van der Waals surface area contributed by atoms with Crippen molar-refractivity contribution in [1.82, 2.24) is 0 Å². The predicted octanol–water partition coefficient (Wildman–Crippen LogP) is 1.60. The molecule has 0 nitrogen and oxygen atoms in total. The largest absolute Gasteiger partial charge is 1.00 e. The molecule has 98 valence electrons. The van der Waals surface area contributed by atoms with Gasteiger partial charge in [0, 0.05) is 28.3 Å². The van der Waals surface area contributed by atoms with Crippen molar-refractivity contribution < 1.29 is 37.4 Å². The van der Waals surface area contributed by atoms with Crippen LogP contribution in [0.25, 0.3) is 0 Å². The molecule has 0 atom stereocenters. The average Bonchev–Trinajstić information content (AvgIpc) is 1.44. The molecule has 0 fully saturated rings. The van der Waals surface area contributed by atoms with Crippen LogP contribution in [0.4, 0.5) is 0 Å². The van der Waals surface area contributed by atoms with Crippen molar-refractivity contribution in [3.63, 3.8) is 0 Å². The number of hydrogen-bond acceptors (Lipinski definition) is 0. The van der Waals surface area contributed by atoms with E-state index >= 15 is 0 Å². The minimum Gasteiger partial charge on any atom is -1.00 e. The van der Waals surface area contributed by atoms with Gasteiger partial charge in [-0.15, -0.1) is 0 Å². The van der Waals surface area contributed by atoms with Gasteiger partial charge < -0.3 is 17.0 Å². The van der Waals surface area contributed by atoms with Crippen LogP contribution in [0.3, 0.4) is 0 Å². The first-order valence-electron chi connectivity index (χ1n) is 5.25. The summed E-state index contributed by atoms with van der Waals surface area (Å²) in [6, 6.07) is 0. The average molecular weight is 390 g/mol. The van der Waals surface area contributed by atoms with Crippen LogP contribution >= 0.6 is 7.92 Å². The predicted molar refractivity (Wildman–Crippen MR) is 67.6 cm³/mol. The third-order valence-electron chi connectivity index (χ3n) is 2.25. The van der Waals surface area contributed by atoms with Crippen molar-refractivity contribution >= 4 is 7.92 Å². The van der Waals surface area contributed by atoms with E-state index in [1.807, 2.05) is 0 Å². The summed E-state index contributed by atoms with van der Waals surface area (Å²) in [5, 5.41) is 1.46. The molecule has 3 heteroatoms. The van der Waals surface area contributed by atoms with Gasteiger partial charge in [0.1, 0.15) is 0 Å². The second-order valence-corrected chi connectivity index (χ2v) is 12.4. The van der Waals surface area contributed by atoms with E-state index in [0.717, 1.165) is 0 Å². The summed E-state index contributed by atoms with van der Waals surface area (Å²) in [6.45, 7) is 21.6. The molecule has 0 aliphatic heterocycles. The Morgan fingerprint density at radius 2 is 0.667 bits per heavy atom. The molecule has 0 aromatic rings.